The predicted octanol–water partition coefficient (Wildman–Crippen LogP) is 2.85. The summed E-state index contributed by atoms with van der Waals surface area (Å²) in [7, 11) is 0. The van der Waals surface area contributed by atoms with Crippen LogP contribution in [-0.2, 0) is 6.54 Å². The van der Waals surface area contributed by atoms with Crippen molar-refractivity contribution >= 4 is 39.6 Å². The van der Waals surface area contributed by atoms with Crippen molar-refractivity contribution in [1.29, 1.82) is 0 Å². The lowest BCUT2D eigenvalue weighted by molar-refractivity contribution is 0.238. The first-order valence-corrected chi connectivity index (χ1v) is 7.99. The zero-order valence-electron chi connectivity index (χ0n) is 11.4. The summed E-state index contributed by atoms with van der Waals surface area (Å²) in [6.07, 6.45) is 2.52. The molecule has 0 amide bonds. The van der Waals surface area contributed by atoms with Crippen LogP contribution in [0.15, 0.2) is 12.1 Å². The van der Waals surface area contributed by atoms with Crippen molar-refractivity contribution in [3.8, 4) is 0 Å². The van der Waals surface area contributed by atoms with Crippen molar-refractivity contribution in [2.24, 2.45) is 0 Å². The summed E-state index contributed by atoms with van der Waals surface area (Å²) in [6, 6.07) is 3.68. The Hall–Kier alpha value is -0.890. The van der Waals surface area contributed by atoms with E-state index in [1.54, 1.807) is 6.07 Å². The number of anilines is 1. The maximum Gasteiger partial charge on any atom is 0.201 e. The summed E-state index contributed by atoms with van der Waals surface area (Å²) in [5.41, 5.74) is 7.56. The SMILES string of the molecule is CC(Cn1c(N)nc2cc(I)c(F)cc21)N1CCCC1. The minimum atomic E-state index is -0.215. The Kier molecular flexibility index (Phi) is 3.85. The number of aromatic nitrogens is 2. The number of nitrogen functional groups attached to an aromatic ring is 1. The fraction of sp³-hybridized carbons (Fsp3) is 0.500. The highest BCUT2D eigenvalue weighted by atomic mass is 127. The van der Waals surface area contributed by atoms with Crippen molar-refractivity contribution < 1.29 is 4.39 Å². The molecule has 1 atom stereocenters. The normalized spacial score (nSPS) is 17.9. The van der Waals surface area contributed by atoms with Gasteiger partial charge in [0.25, 0.3) is 0 Å². The van der Waals surface area contributed by atoms with Gasteiger partial charge < -0.3 is 10.3 Å². The zero-order chi connectivity index (χ0) is 14.3. The monoisotopic (exact) mass is 388 g/mol. The van der Waals surface area contributed by atoms with E-state index in [0.29, 0.717) is 15.6 Å². The molecule has 1 aliphatic heterocycles. The maximum absolute atomic E-state index is 13.8. The minimum Gasteiger partial charge on any atom is -0.369 e. The lowest BCUT2D eigenvalue weighted by atomic mass is 10.2. The van der Waals surface area contributed by atoms with Crippen LogP contribution in [0.25, 0.3) is 11.0 Å². The number of likely N-dealkylation sites (tertiary alicyclic amines) is 1. The topological polar surface area (TPSA) is 47.1 Å². The molecule has 0 bridgehead atoms. The van der Waals surface area contributed by atoms with Gasteiger partial charge in [-0.2, -0.15) is 0 Å². The van der Waals surface area contributed by atoms with E-state index >= 15 is 0 Å². The largest absolute Gasteiger partial charge is 0.369 e. The lowest BCUT2D eigenvalue weighted by Gasteiger charge is -2.24. The van der Waals surface area contributed by atoms with Gasteiger partial charge in [-0.1, -0.05) is 0 Å². The van der Waals surface area contributed by atoms with E-state index in [9.17, 15) is 4.39 Å². The summed E-state index contributed by atoms with van der Waals surface area (Å²) in [4.78, 5) is 6.80. The number of imidazole rings is 1. The second-order valence-corrected chi connectivity index (χ2v) is 6.59. The second-order valence-electron chi connectivity index (χ2n) is 5.43. The predicted molar refractivity (Wildman–Crippen MR) is 87.1 cm³/mol. The van der Waals surface area contributed by atoms with Crippen molar-refractivity contribution in [3.05, 3.63) is 21.5 Å². The molecule has 2 aromatic rings. The van der Waals surface area contributed by atoms with E-state index in [-0.39, 0.29) is 5.82 Å². The molecule has 1 fully saturated rings. The van der Waals surface area contributed by atoms with Gasteiger partial charge >= 0.3 is 0 Å². The van der Waals surface area contributed by atoms with Gasteiger partial charge in [0, 0.05) is 18.7 Å². The fourth-order valence-corrected chi connectivity index (χ4v) is 3.34. The number of hydrogen-bond donors (Lipinski definition) is 1. The minimum absolute atomic E-state index is 0.215. The van der Waals surface area contributed by atoms with Crippen molar-refractivity contribution in [2.75, 3.05) is 18.8 Å². The molecular weight excluding hydrogens is 370 g/mol. The molecule has 1 saturated heterocycles. The third kappa shape index (κ3) is 2.50. The van der Waals surface area contributed by atoms with Gasteiger partial charge in [-0.25, -0.2) is 9.37 Å². The highest BCUT2D eigenvalue weighted by Crippen LogP contribution is 2.24. The van der Waals surface area contributed by atoms with Crippen molar-refractivity contribution in [2.45, 2.75) is 32.4 Å². The molecular formula is C14H18FIN4. The molecule has 3 rings (SSSR count). The Labute approximate surface area is 131 Å². The van der Waals surface area contributed by atoms with Crippen LogP contribution in [0.2, 0.25) is 0 Å². The van der Waals surface area contributed by atoms with E-state index in [4.69, 9.17) is 5.73 Å². The third-order valence-electron chi connectivity index (χ3n) is 4.03. The molecule has 0 aliphatic carbocycles. The quantitative estimate of drug-likeness (QED) is 0.823. The van der Waals surface area contributed by atoms with Crippen LogP contribution in [0.3, 0.4) is 0 Å². The first-order chi connectivity index (χ1) is 9.56. The summed E-state index contributed by atoms with van der Waals surface area (Å²) < 4.78 is 16.3. The average molecular weight is 388 g/mol. The van der Waals surface area contributed by atoms with Crippen LogP contribution in [0.1, 0.15) is 19.8 Å². The molecule has 2 N–H and O–H groups in total. The van der Waals surface area contributed by atoms with Crippen LogP contribution < -0.4 is 5.73 Å². The Morgan fingerprint density at radius 1 is 1.40 bits per heavy atom. The molecule has 20 heavy (non-hydrogen) atoms. The number of fused-ring (bicyclic) bond motifs is 1. The molecule has 6 heteroatoms. The third-order valence-corrected chi connectivity index (χ3v) is 4.86. The van der Waals surface area contributed by atoms with Crippen molar-refractivity contribution in [3.63, 3.8) is 0 Å². The molecule has 108 valence electrons. The Balaban J connectivity index is 1.94. The van der Waals surface area contributed by atoms with E-state index in [2.05, 4.69) is 16.8 Å². The number of rotatable bonds is 3. The van der Waals surface area contributed by atoms with Gasteiger partial charge in [-0.3, -0.25) is 4.90 Å². The van der Waals surface area contributed by atoms with Crippen LogP contribution in [0.4, 0.5) is 10.3 Å². The van der Waals surface area contributed by atoms with Crippen LogP contribution in [-0.4, -0.2) is 33.6 Å². The van der Waals surface area contributed by atoms with Crippen LogP contribution in [0.5, 0.6) is 0 Å². The van der Waals surface area contributed by atoms with Gasteiger partial charge in [0.1, 0.15) is 5.82 Å². The lowest BCUT2D eigenvalue weighted by Crippen LogP contribution is -2.33. The summed E-state index contributed by atoms with van der Waals surface area (Å²) >= 11 is 1.98. The van der Waals surface area contributed by atoms with Gasteiger partial charge in [-0.15, -0.1) is 0 Å². The molecule has 4 nitrogen and oxygen atoms in total. The Bertz CT molecular complexity index is 634. The highest BCUT2D eigenvalue weighted by Gasteiger charge is 2.20. The first kappa shape index (κ1) is 14.1. The molecule has 1 unspecified atom stereocenters. The number of nitrogens with two attached hydrogens (primary N) is 1. The van der Waals surface area contributed by atoms with Crippen molar-refractivity contribution in [1.82, 2.24) is 14.5 Å². The average Bonchev–Trinajstić information content (AvgIpc) is 3.01. The van der Waals surface area contributed by atoms with E-state index < -0.39 is 0 Å². The molecule has 1 aromatic carbocycles. The fourth-order valence-electron chi connectivity index (χ4n) is 2.89. The zero-order valence-corrected chi connectivity index (χ0v) is 13.6. The summed E-state index contributed by atoms with van der Waals surface area (Å²) in [5, 5.41) is 0. The van der Waals surface area contributed by atoms with Gasteiger partial charge in [0.15, 0.2) is 0 Å². The first-order valence-electron chi connectivity index (χ1n) is 6.91. The highest BCUT2D eigenvalue weighted by molar-refractivity contribution is 14.1. The summed E-state index contributed by atoms with van der Waals surface area (Å²) in [6.45, 7) is 5.22. The molecule has 2 heterocycles. The van der Waals surface area contributed by atoms with Gasteiger partial charge in [0.2, 0.25) is 5.95 Å². The maximum atomic E-state index is 13.8. The van der Waals surface area contributed by atoms with Gasteiger partial charge in [0.05, 0.1) is 14.6 Å². The Morgan fingerprint density at radius 3 is 2.80 bits per heavy atom. The smallest absolute Gasteiger partial charge is 0.201 e. The van der Waals surface area contributed by atoms with Crippen LogP contribution in [0, 0.1) is 9.39 Å². The van der Waals surface area contributed by atoms with E-state index in [1.807, 2.05) is 27.2 Å². The summed E-state index contributed by atoms with van der Waals surface area (Å²) in [5.74, 6) is 0.250. The number of nitrogens with zero attached hydrogens (tertiary/aromatic N) is 3. The molecule has 1 aromatic heterocycles. The second kappa shape index (κ2) is 5.48. The number of halogens is 2. The van der Waals surface area contributed by atoms with E-state index in [0.717, 1.165) is 30.7 Å². The number of hydrogen-bond acceptors (Lipinski definition) is 3. The van der Waals surface area contributed by atoms with E-state index in [1.165, 1.54) is 18.9 Å². The van der Waals surface area contributed by atoms with Gasteiger partial charge in [-0.05, 0) is 61.5 Å². The standard InChI is InChI=1S/C14H18FIN4/c1-9(19-4-2-3-5-19)8-20-13-6-10(15)11(16)7-12(13)18-14(20)17/h6-7,9H,2-5,8H2,1H3,(H2,17,18). The van der Waals surface area contributed by atoms with Crippen LogP contribution >= 0.6 is 22.6 Å². The molecule has 0 saturated carbocycles. The Morgan fingerprint density at radius 2 is 2.10 bits per heavy atom. The molecule has 0 spiro atoms. The molecule has 0 radical (unpaired) electrons. The molecule has 1 aliphatic rings. The number of benzene rings is 1.